The van der Waals surface area contributed by atoms with Crippen LogP contribution in [-0.2, 0) is 16.0 Å². The molecule has 0 saturated carbocycles. The molecule has 1 heterocycles. The highest BCUT2D eigenvalue weighted by Crippen LogP contribution is 2.24. The average Bonchev–Trinajstić information content (AvgIpc) is 2.81. The van der Waals surface area contributed by atoms with Crippen LogP contribution in [-0.4, -0.2) is 24.3 Å². The van der Waals surface area contributed by atoms with Gasteiger partial charge >= 0.3 is 5.97 Å². The van der Waals surface area contributed by atoms with Crippen LogP contribution in [0.3, 0.4) is 0 Å². The molecular formula is C14H17FO3. The van der Waals surface area contributed by atoms with Gasteiger partial charge in [0, 0.05) is 13.2 Å². The Morgan fingerprint density at radius 3 is 3.00 bits per heavy atom. The van der Waals surface area contributed by atoms with Crippen molar-refractivity contribution in [2.24, 2.45) is 11.8 Å². The number of benzene rings is 1. The summed E-state index contributed by atoms with van der Waals surface area (Å²) in [5.41, 5.74) is 0.737. The van der Waals surface area contributed by atoms with E-state index in [2.05, 4.69) is 0 Å². The summed E-state index contributed by atoms with van der Waals surface area (Å²) in [6.45, 7) is 1.36. The molecule has 1 saturated heterocycles. The Morgan fingerprint density at radius 1 is 1.56 bits per heavy atom. The summed E-state index contributed by atoms with van der Waals surface area (Å²) in [5, 5.41) is 9.23. The van der Waals surface area contributed by atoms with Crippen LogP contribution in [0.1, 0.15) is 18.4 Å². The van der Waals surface area contributed by atoms with Gasteiger partial charge in [0.25, 0.3) is 0 Å². The van der Waals surface area contributed by atoms with Crippen molar-refractivity contribution >= 4 is 5.97 Å². The first kappa shape index (κ1) is 13.0. The molecule has 98 valence electrons. The lowest BCUT2D eigenvalue weighted by Gasteiger charge is -2.15. The Hall–Kier alpha value is -1.42. The number of hydrogen-bond acceptors (Lipinski definition) is 2. The Morgan fingerprint density at radius 2 is 2.39 bits per heavy atom. The van der Waals surface area contributed by atoms with E-state index < -0.39 is 11.9 Å². The van der Waals surface area contributed by atoms with Crippen molar-refractivity contribution in [3.63, 3.8) is 0 Å². The van der Waals surface area contributed by atoms with Crippen LogP contribution in [0.15, 0.2) is 24.3 Å². The summed E-state index contributed by atoms with van der Waals surface area (Å²) in [5.74, 6) is -1.27. The predicted octanol–water partition coefficient (Wildman–Crippen LogP) is 2.50. The molecule has 0 bridgehead atoms. The molecule has 0 aliphatic carbocycles. The van der Waals surface area contributed by atoms with Crippen LogP contribution in [0.5, 0.6) is 0 Å². The standard InChI is InChI=1S/C14H17FO3/c15-13-3-1-2-10(8-13)6-12(14(16)17)7-11-4-5-18-9-11/h1-3,8,11-12H,4-7,9H2,(H,16,17). The normalized spacial score (nSPS) is 20.8. The van der Waals surface area contributed by atoms with Crippen molar-refractivity contribution in [1.82, 2.24) is 0 Å². The lowest BCUT2D eigenvalue weighted by molar-refractivity contribution is -0.142. The highest BCUT2D eigenvalue weighted by molar-refractivity contribution is 5.70. The Bertz CT molecular complexity index is 413. The second-order valence-electron chi connectivity index (χ2n) is 4.83. The van der Waals surface area contributed by atoms with Gasteiger partial charge in [-0.3, -0.25) is 4.79 Å². The van der Waals surface area contributed by atoms with Crippen LogP contribution < -0.4 is 0 Å². The molecule has 1 aliphatic rings. The molecule has 2 rings (SSSR count). The third-order valence-electron chi connectivity index (χ3n) is 3.36. The minimum absolute atomic E-state index is 0.319. The largest absolute Gasteiger partial charge is 0.481 e. The molecule has 1 aromatic rings. The smallest absolute Gasteiger partial charge is 0.306 e. The fraction of sp³-hybridized carbons (Fsp3) is 0.500. The molecule has 1 aliphatic heterocycles. The highest BCUT2D eigenvalue weighted by Gasteiger charge is 2.25. The maximum Gasteiger partial charge on any atom is 0.306 e. The number of rotatable bonds is 5. The van der Waals surface area contributed by atoms with E-state index in [4.69, 9.17) is 4.74 Å². The van der Waals surface area contributed by atoms with E-state index in [9.17, 15) is 14.3 Å². The number of hydrogen-bond donors (Lipinski definition) is 1. The molecule has 2 unspecified atom stereocenters. The van der Waals surface area contributed by atoms with Crippen LogP contribution in [0, 0.1) is 17.7 Å². The number of aliphatic carboxylic acids is 1. The first-order valence-corrected chi connectivity index (χ1v) is 6.20. The summed E-state index contributed by atoms with van der Waals surface area (Å²) < 4.78 is 18.3. The van der Waals surface area contributed by atoms with E-state index in [1.165, 1.54) is 12.1 Å². The monoisotopic (exact) mass is 252 g/mol. The molecule has 0 radical (unpaired) electrons. The molecular weight excluding hydrogens is 235 g/mol. The van der Waals surface area contributed by atoms with Gasteiger partial charge < -0.3 is 9.84 Å². The van der Waals surface area contributed by atoms with E-state index in [0.29, 0.717) is 25.4 Å². The number of ether oxygens (including phenoxy) is 1. The molecule has 0 aromatic heterocycles. The second kappa shape index (κ2) is 5.96. The van der Waals surface area contributed by atoms with Gasteiger partial charge in [-0.15, -0.1) is 0 Å². The lowest BCUT2D eigenvalue weighted by atomic mass is 9.89. The van der Waals surface area contributed by atoms with E-state index in [1.807, 2.05) is 0 Å². The van der Waals surface area contributed by atoms with E-state index >= 15 is 0 Å². The van der Waals surface area contributed by atoms with Gasteiger partial charge in [-0.05, 0) is 42.9 Å². The van der Waals surface area contributed by atoms with Crippen molar-refractivity contribution in [3.8, 4) is 0 Å². The first-order valence-electron chi connectivity index (χ1n) is 6.20. The van der Waals surface area contributed by atoms with Crippen molar-refractivity contribution < 1.29 is 19.0 Å². The van der Waals surface area contributed by atoms with Gasteiger partial charge in [0.15, 0.2) is 0 Å². The third-order valence-corrected chi connectivity index (χ3v) is 3.36. The molecule has 1 N–H and O–H groups in total. The lowest BCUT2D eigenvalue weighted by Crippen LogP contribution is -2.20. The number of halogens is 1. The molecule has 2 atom stereocenters. The zero-order valence-electron chi connectivity index (χ0n) is 10.1. The molecule has 1 fully saturated rings. The number of carbonyl (C=O) groups is 1. The summed E-state index contributed by atoms with van der Waals surface area (Å²) in [7, 11) is 0. The van der Waals surface area contributed by atoms with Gasteiger partial charge in [-0.1, -0.05) is 12.1 Å². The zero-order chi connectivity index (χ0) is 13.0. The summed E-state index contributed by atoms with van der Waals surface area (Å²) in [4.78, 5) is 11.2. The topological polar surface area (TPSA) is 46.5 Å². The Kier molecular flexibility index (Phi) is 4.31. The molecule has 18 heavy (non-hydrogen) atoms. The van der Waals surface area contributed by atoms with Gasteiger partial charge in [-0.25, -0.2) is 4.39 Å². The maximum absolute atomic E-state index is 13.1. The number of carboxylic acids is 1. The van der Waals surface area contributed by atoms with Crippen molar-refractivity contribution in [1.29, 1.82) is 0 Å². The number of carboxylic acid groups (broad SMARTS) is 1. The molecule has 3 nitrogen and oxygen atoms in total. The summed E-state index contributed by atoms with van der Waals surface area (Å²) in [6, 6.07) is 6.15. The Balaban J connectivity index is 1.99. The summed E-state index contributed by atoms with van der Waals surface area (Å²) in [6.07, 6.45) is 1.91. The minimum atomic E-state index is -0.814. The van der Waals surface area contributed by atoms with Crippen LogP contribution >= 0.6 is 0 Å². The fourth-order valence-corrected chi connectivity index (χ4v) is 2.39. The first-order chi connectivity index (χ1) is 8.65. The maximum atomic E-state index is 13.1. The molecule has 1 aromatic carbocycles. The van der Waals surface area contributed by atoms with Crippen LogP contribution in [0.25, 0.3) is 0 Å². The fourth-order valence-electron chi connectivity index (χ4n) is 2.39. The van der Waals surface area contributed by atoms with Gasteiger partial charge in [0.05, 0.1) is 5.92 Å². The summed E-state index contributed by atoms with van der Waals surface area (Å²) >= 11 is 0. The van der Waals surface area contributed by atoms with Gasteiger partial charge in [0.2, 0.25) is 0 Å². The second-order valence-corrected chi connectivity index (χ2v) is 4.83. The third kappa shape index (κ3) is 3.53. The van der Waals surface area contributed by atoms with Gasteiger partial charge in [0.1, 0.15) is 5.82 Å². The average molecular weight is 252 g/mol. The van der Waals surface area contributed by atoms with E-state index in [-0.39, 0.29) is 5.82 Å². The Labute approximate surface area is 106 Å². The van der Waals surface area contributed by atoms with E-state index in [0.717, 1.165) is 18.6 Å². The SMILES string of the molecule is O=C(O)C(Cc1cccc(F)c1)CC1CCOC1. The quantitative estimate of drug-likeness (QED) is 0.875. The highest BCUT2D eigenvalue weighted by atomic mass is 19.1. The predicted molar refractivity (Wildman–Crippen MR) is 64.8 cm³/mol. The van der Waals surface area contributed by atoms with Crippen LogP contribution in [0.2, 0.25) is 0 Å². The minimum Gasteiger partial charge on any atom is -0.481 e. The molecule has 4 heteroatoms. The van der Waals surface area contributed by atoms with Crippen molar-refractivity contribution in [2.75, 3.05) is 13.2 Å². The molecule has 0 amide bonds. The molecule has 0 spiro atoms. The van der Waals surface area contributed by atoms with Gasteiger partial charge in [-0.2, -0.15) is 0 Å². The van der Waals surface area contributed by atoms with Crippen molar-refractivity contribution in [3.05, 3.63) is 35.6 Å². The van der Waals surface area contributed by atoms with E-state index in [1.54, 1.807) is 12.1 Å². The zero-order valence-corrected chi connectivity index (χ0v) is 10.1. The van der Waals surface area contributed by atoms with Crippen molar-refractivity contribution in [2.45, 2.75) is 19.3 Å². The van der Waals surface area contributed by atoms with Crippen LogP contribution in [0.4, 0.5) is 4.39 Å².